The molecule has 0 radical (unpaired) electrons. The van der Waals surface area contributed by atoms with Crippen LogP contribution in [0.1, 0.15) is 28.6 Å². The Labute approximate surface area is 214 Å². The van der Waals surface area contributed by atoms with Crippen LogP contribution in [-0.4, -0.2) is 70.0 Å². The van der Waals surface area contributed by atoms with Gasteiger partial charge in [-0.15, -0.1) is 5.10 Å². The van der Waals surface area contributed by atoms with Crippen molar-refractivity contribution in [2.75, 3.05) is 44.8 Å². The summed E-state index contributed by atoms with van der Waals surface area (Å²) >= 11 is 6.29. The van der Waals surface area contributed by atoms with Crippen molar-refractivity contribution in [1.82, 2.24) is 30.1 Å². The number of rotatable bonds is 7. The molecule has 1 unspecified atom stereocenters. The number of hydrogen-bond donors (Lipinski definition) is 1. The van der Waals surface area contributed by atoms with E-state index in [1.165, 1.54) is 5.56 Å². The van der Waals surface area contributed by atoms with E-state index >= 15 is 0 Å². The van der Waals surface area contributed by atoms with Crippen molar-refractivity contribution < 1.29 is 4.74 Å². The molecule has 0 saturated carbocycles. The quantitative estimate of drug-likeness (QED) is 0.410. The number of nitrogens with one attached hydrogen (secondary N) is 1. The summed E-state index contributed by atoms with van der Waals surface area (Å²) < 4.78 is 7.00. The third kappa shape index (κ3) is 4.86. The van der Waals surface area contributed by atoms with E-state index in [4.69, 9.17) is 16.3 Å². The largest absolute Gasteiger partial charge is 0.383 e. The van der Waals surface area contributed by atoms with Gasteiger partial charge in [-0.2, -0.15) is 0 Å². The maximum atomic E-state index is 13.4. The number of tetrazole rings is 1. The van der Waals surface area contributed by atoms with E-state index in [-0.39, 0.29) is 5.56 Å². The average Bonchev–Trinajstić information content (AvgIpc) is 3.33. The van der Waals surface area contributed by atoms with Gasteiger partial charge in [0.25, 0.3) is 5.56 Å². The van der Waals surface area contributed by atoms with Crippen LogP contribution in [-0.2, 0) is 11.3 Å². The van der Waals surface area contributed by atoms with Gasteiger partial charge >= 0.3 is 0 Å². The first-order chi connectivity index (χ1) is 17.4. The molecule has 1 aliphatic heterocycles. The molecule has 0 spiro atoms. The lowest BCUT2D eigenvalue weighted by molar-refractivity contribution is 0.171. The number of fused-ring (bicyclic) bond motifs is 1. The zero-order chi connectivity index (χ0) is 25.2. The Balaban J connectivity index is 1.52. The third-order valence-electron chi connectivity index (χ3n) is 6.83. The smallest absolute Gasteiger partial charge is 0.253 e. The fourth-order valence-electron chi connectivity index (χ4n) is 4.93. The average molecular weight is 508 g/mol. The lowest BCUT2D eigenvalue weighted by atomic mass is 10.0. The number of H-pyrrole nitrogens is 1. The third-order valence-corrected chi connectivity index (χ3v) is 7.06. The SMILES string of the molecule is COCCn1nnnc1C(c1cc2cc(C)ccc2[nH]c1=O)N1CCN(c2cc(Cl)ccc2C)CC1. The van der Waals surface area contributed by atoms with Crippen molar-refractivity contribution in [1.29, 1.82) is 0 Å². The molecule has 188 valence electrons. The van der Waals surface area contributed by atoms with Crippen molar-refractivity contribution in [2.24, 2.45) is 0 Å². The van der Waals surface area contributed by atoms with E-state index in [0.29, 0.717) is 24.5 Å². The van der Waals surface area contributed by atoms with Crippen molar-refractivity contribution in [3.63, 3.8) is 0 Å². The van der Waals surface area contributed by atoms with Crippen LogP contribution < -0.4 is 10.5 Å². The van der Waals surface area contributed by atoms with E-state index in [0.717, 1.165) is 53.4 Å². The summed E-state index contributed by atoms with van der Waals surface area (Å²) in [6, 6.07) is 13.6. The van der Waals surface area contributed by atoms with Crippen LogP contribution in [0.2, 0.25) is 5.02 Å². The summed E-state index contributed by atoms with van der Waals surface area (Å²) in [7, 11) is 1.65. The molecule has 4 aromatic rings. The van der Waals surface area contributed by atoms with Gasteiger partial charge < -0.3 is 14.6 Å². The molecule has 2 aromatic heterocycles. The van der Waals surface area contributed by atoms with Crippen molar-refractivity contribution in [3.05, 3.63) is 80.4 Å². The second-order valence-corrected chi connectivity index (χ2v) is 9.69. The molecule has 3 heterocycles. The van der Waals surface area contributed by atoms with Crippen LogP contribution in [0.25, 0.3) is 10.9 Å². The molecule has 0 aliphatic carbocycles. The molecular weight excluding hydrogens is 478 g/mol. The molecule has 1 aliphatic rings. The van der Waals surface area contributed by atoms with Gasteiger partial charge in [0.2, 0.25) is 0 Å². The molecule has 1 atom stereocenters. The van der Waals surface area contributed by atoms with Crippen molar-refractivity contribution in [3.8, 4) is 0 Å². The minimum Gasteiger partial charge on any atom is -0.383 e. The van der Waals surface area contributed by atoms with E-state index < -0.39 is 6.04 Å². The van der Waals surface area contributed by atoms with E-state index in [1.54, 1.807) is 11.8 Å². The first-order valence-corrected chi connectivity index (χ1v) is 12.5. The molecule has 5 rings (SSSR count). The van der Waals surface area contributed by atoms with Gasteiger partial charge in [0.1, 0.15) is 6.04 Å². The summed E-state index contributed by atoms with van der Waals surface area (Å²) in [6.07, 6.45) is 0. The highest BCUT2D eigenvalue weighted by atomic mass is 35.5. The number of ether oxygens (including phenoxy) is 1. The number of nitrogens with zero attached hydrogens (tertiary/aromatic N) is 6. The summed E-state index contributed by atoms with van der Waals surface area (Å²) in [4.78, 5) is 21.1. The van der Waals surface area contributed by atoms with E-state index in [9.17, 15) is 4.79 Å². The zero-order valence-corrected chi connectivity index (χ0v) is 21.5. The summed E-state index contributed by atoms with van der Waals surface area (Å²) in [5.41, 5.74) is 4.78. The minimum atomic E-state index is -0.395. The van der Waals surface area contributed by atoms with Gasteiger partial charge in [-0.1, -0.05) is 29.3 Å². The number of aryl methyl sites for hydroxylation is 2. The molecule has 1 saturated heterocycles. The number of hydrogen-bond acceptors (Lipinski definition) is 7. The van der Waals surface area contributed by atoms with Gasteiger partial charge in [0.15, 0.2) is 5.82 Å². The number of aromatic amines is 1. The summed E-state index contributed by atoms with van der Waals surface area (Å²) in [6.45, 7) is 8.18. The Bertz CT molecular complexity index is 1430. The predicted octanol–water partition coefficient (Wildman–Crippen LogP) is 3.34. The number of methoxy groups -OCH3 is 1. The number of aromatic nitrogens is 5. The number of anilines is 1. The highest BCUT2D eigenvalue weighted by Gasteiger charge is 2.33. The van der Waals surface area contributed by atoms with Gasteiger partial charge in [0.05, 0.1) is 13.2 Å². The lowest BCUT2D eigenvalue weighted by Gasteiger charge is -2.40. The Morgan fingerprint density at radius 1 is 1.08 bits per heavy atom. The molecule has 9 nitrogen and oxygen atoms in total. The van der Waals surface area contributed by atoms with Crippen LogP contribution in [0, 0.1) is 13.8 Å². The normalized spacial score (nSPS) is 15.5. The highest BCUT2D eigenvalue weighted by Crippen LogP contribution is 2.30. The van der Waals surface area contributed by atoms with Crippen LogP contribution in [0.4, 0.5) is 5.69 Å². The van der Waals surface area contributed by atoms with Crippen LogP contribution >= 0.6 is 11.6 Å². The number of piperazine rings is 1. The number of halogens is 1. The van der Waals surface area contributed by atoms with Crippen LogP contribution in [0.15, 0.2) is 47.3 Å². The van der Waals surface area contributed by atoms with Gasteiger partial charge in [-0.25, -0.2) is 4.68 Å². The molecule has 10 heteroatoms. The summed E-state index contributed by atoms with van der Waals surface area (Å²) in [5, 5.41) is 14.2. The van der Waals surface area contributed by atoms with Crippen molar-refractivity contribution in [2.45, 2.75) is 26.4 Å². The maximum Gasteiger partial charge on any atom is 0.253 e. The Morgan fingerprint density at radius 2 is 1.89 bits per heavy atom. The standard InChI is InChI=1S/C26H30ClN7O2/c1-17-4-7-22-19(14-17)15-21(26(35)28-22)24(25-29-30-31-34(25)12-13-36-3)33-10-8-32(9-11-33)23-16-20(27)6-5-18(23)2/h4-7,14-16,24H,8-13H2,1-3H3,(H,28,35). The molecular formula is C26H30ClN7O2. The topological polar surface area (TPSA) is 92.2 Å². The molecule has 0 amide bonds. The van der Waals surface area contributed by atoms with Gasteiger partial charge in [-0.3, -0.25) is 9.69 Å². The maximum absolute atomic E-state index is 13.4. The zero-order valence-electron chi connectivity index (χ0n) is 20.7. The minimum absolute atomic E-state index is 0.134. The second-order valence-electron chi connectivity index (χ2n) is 9.25. The fraction of sp³-hybridized carbons (Fsp3) is 0.385. The lowest BCUT2D eigenvalue weighted by Crippen LogP contribution is -2.49. The molecule has 2 aromatic carbocycles. The second kappa shape index (κ2) is 10.4. The number of pyridine rings is 1. The fourth-order valence-corrected chi connectivity index (χ4v) is 5.10. The molecule has 1 fully saturated rings. The van der Waals surface area contributed by atoms with Crippen LogP contribution in [0.3, 0.4) is 0 Å². The first-order valence-electron chi connectivity index (χ1n) is 12.1. The van der Waals surface area contributed by atoms with E-state index in [2.05, 4.69) is 43.3 Å². The van der Waals surface area contributed by atoms with Crippen molar-refractivity contribution >= 4 is 28.2 Å². The molecule has 1 N–H and O–H groups in total. The summed E-state index contributed by atoms with van der Waals surface area (Å²) in [5.74, 6) is 0.636. The Hall–Kier alpha value is -3.27. The highest BCUT2D eigenvalue weighted by molar-refractivity contribution is 6.30. The number of benzene rings is 2. The monoisotopic (exact) mass is 507 g/mol. The van der Waals surface area contributed by atoms with Gasteiger partial charge in [-0.05, 0) is 65.6 Å². The molecule has 0 bridgehead atoms. The molecule has 36 heavy (non-hydrogen) atoms. The van der Waals surface area contributed by atoms with Gasteiger partial charge in [0, 0.05) is 55.1 Å². The van der Waals surface area contributed by atoms with E-state index in [1.807, 2.05) is 43.3 Å². The Kier molecular flexibility index (Phi) is 7.04. The first kappa shape index (κ1) is 24.4. The Morgan fingerprint density at radius 3 is 2.67 bits per heavy atom. The predicted molar refractivity (Wildman–Crippen MR) is 141 cm³/mol. The van der Waals surface area contributed by atoms with Crippen LogP contribution in [0.5, 0.6) is 0 Å².